The minimum absolute atomic E-state index is 0.0890. The number of likely N-dealkylation sites (tertiary alicyclic amines) is 1. The molecule has 0 radical (unpaired) electrons. The summed E-state index contributed by atoms with van der Waals surface area (Å²) in [6, 6.07) is 7.80. The molecule has 138 valence electrons. The number of esters is 1. The molecule has 2 rings (SSSR count). The zero-order chi connectivity index (χ0) is 18.2. The molecule has 0 saturated carbocycles. The Morgan fingerprint density at radius 2 is 2.32 bits per heavy atom. The van der Waals surface area contributed by atoms with Gasteiger partial charge in [0.05, 0.1) is 6.61 Å². The molecule has 1 aliphatic rings. The summed E-state index contributed by atoms with van der Waals surface area (Å²) in [4.78, 5) is 14.1. The Balaban J connectivity index is 1.93. The molecular weight excluding hydrogens is 318 g/mol. The van der Waals surface area contributed by atoms with Gasteiger partial charge in [-0.2, -0.15) is 0 Å². The van der Waals surface area contributed by atoms with Gasteiger partial charge >= 0.3 is 5.97 Å². The number of nitrogens with zero attached hydrogens (tertiary/aromatic N) is 2. The molecule has 1 heterocycles. The van der Waals surface area contributed by atoms with Crippen molar-refractivity contribution >= 4 is 11.8 Å². The Labute approximate surface area is 149 Å². The largest absolute Gasteiger partial charge is 0.466 e. The molecule has 1 fully saturated rings. The van der Waals surface area contributed by atoms with E-state index in [9.17, 15) is 4.79 Å². The van der Waals surface area contributed by atoms with Crippen LogP contribution in [0.1, 0.15) is 50.2 Å². The Morgan fingerprint density at radius 3 is 3.04 bits per heavy atom. The minimum Gasteiger partial charge on any atom is -0.466 e. The Hall–Kier alpha value is -2.08. The van der Waals surface area contributed by atoms with Crippen molar-refractivity contribution in [3.8, 4) is 0 Å². The van der Waals surface area contributed by atoms with Gasteiger partial charge in [0.2, 0.25) is 0 Å². The van der Waals surface area contributed by atoms with Crippen LogP contribution in [0.15, 0.2) is 29.4 Å². The lowest BCUT2D eigenvalue weighted by Gasteiger charge is -2.34. The molecule has 2 atom stereocenters. The smallest absolute Gasteiger partial charge is 0.306 e. The average Bonchev–Trinajstić information content (AvgIpc) is 2.61. The van der Waals surface area contributed by atoms with Crippen LogP contribution in [0, 0.1) is 5.92 Å². The zero-order valence-corrected chi connectivity index (χ0v) is 15.1. The van der Waals surface area contributed by atoms with Crippen molar-refractivity contribution in [2.45, 2.75) is 39.0 Å². The van der Waals surface area contributed by atoms with Gasteiger partial charge in [-0.25, -0.2) is 0 Å². The number of benzene rings is 1. The molecule has 6 nitrogen and oxygen atoms in total. The van der Waals surface area contributed by atoms with Crippen LogP contribution >= 0.6 is 0 Å². The summed E-state index contributed by atoms with van der Waals surface area (Å²) in [6.07, 6.45) is 2.71. The first-order valence-corrected chi connectivity index (χ1v) is 8.99. The van der Waals surface area contributed by atoms with Crippen LogP contribution in [0.5, 0.6) is 0 Å². The fourth-order valence-corrected chi connectivity index (χ4v) is 3.49. The first kappa shape index (κ1) is 19.2. The number of oxime groups is 1. The minimum atomic E-state index is -0.0890. The normalized spacial score (nSPS) is 20.2. The molecule has 1 aromatic carbocycles. The highest BCUT2D eigenvalue weighted by molar-refractivity contribution is 5.97. The van der Waals surface area contributed by atoms with Gasteiger partial charge in [-0.1, -0.05) is 30.3 Å². The van der Waals surface area contributed by atoms with Gasteiger partial charge in [0.15, 0.2) is 5.84 Å². The topological polar surface area (TPSA) is 88.2 Å². The van der Waals surface area contributed by atoms with E-state index in [0.29, 0.717) is 24.9 Å². The van der Waals surface area contributed by atoms with Crippen molar-refractivity contribution in [2.24, 2.45) is 16.8 Å². The van der Waals surface area contributed by atoms with Crippen molar-refractivity contribution in [1.82, 2.24) is 4.90 Å². The second-order valence-corrected chi connectivity index (χ2v) is 6.79. The van der Waals surface area contributed by atoms with E-state index in [1.807, 2.05) is 25.1 Å². The van der Waals surface area contributed by atoms with Crippen molar-refractivity contribution in [3.05, 3.63) is 35.4 Å². The summed E-state index contributed by atoms with van der Waals surface area (Å²) in [5.74, 6) is 0.742. The third-order valence-electron chi connectivity index (χ3n) is 4.76. The van der Waals surface area contributed by atoms with E-state index < -0.39 is 0 Å². The number of carbonyl (C=O) groups excluding carboxylic acids is 1. The molecule has 0 bridgehead atoms. The quantitative estimate of drug-likeness (QED) is 0.260. The molecule has 3 N–H and O–H groups in total. The van der Waals surface area contributed by atoms with Gasteiger partial charge in [-0.15, -0.1) is 0 Å². The van der Waals surface area contributed by atoms with Gasteiger partial charge in [0.25, 0.3) is 0 Å². The number of rotatable bonds is 7. The molecule has 6 heteroatoms. The summed E-state index contributed by atoms with van der Waals surface area (Å²) in [6.45, 7) is 7.39. The number of hydrogen-bond acceptors (Lipinski definition) is 5. The fraction of sp³-hybridized carbons (Fsp3) is 0.579. The summed E-state index contributed by atoms with van der Waals surface area (Å²) in [7, 11) is 0. The number of ether oxygens (including phenoxy) is 1. The van der Waals surface area contributed by atoms with E-state index in [2.05, 4.69) is 23.0 Å². The lowest BCUT2D eigenvalue weighted by Crippen LogP contribution is -2.38. The van der Waals surface area contributed by atoms with Gasteiger partial charge in [-0.05, 0) is 49.8 Å². The molecule has 1 unspecified atom stereocenters. The van der Waals surface area contributed by atoms with Gasteiger partial charge in [-0.3, -0.25) is 4.79 Å². The molecular formula is C19H29N3O3. The molecule has 1 aliphatic heterocycles. The van der Waals surface area contributed by atoms with Crippen molar-refractivity contribution in [1.29, 1.82) is 0 Å². The maximum Gasteiger partial charge on any atom is 0.306 e. The van der Waals surface area contributed by atoms with Gasteiger partial charge in [0.1, 0.15) is 0 Å². The molecule has 1 saturated heterocycles. The summed E-state index contributed by atoms with van der Waals surface area (Å²) in [5, 5.41) is 11.9. The molecule has 25 heavy (non-hydrogen) atoms. The zero-order valence-electron chi connectivity index (χ0n) is 15.1. The van der Waals surface area contributed by atoms with E-state index in [0.717, 1.165) is 43.6 Å². The summed E-state index contributed by atoms with van der Waals surface area (Å²) < 4.78 is 5.08. The van der Waals surface area contributed by atoms with E-state index in [1.54, 1.807) is 0 Å². The van der Waals surface area contributed by atoms with Crippen molar-refractivity contribution < 1.29 is 14.7 Å². The Bertz CT molecular complexity index is 603. The Kier molecular flexibility index (Phi) is 7.25. The first-order valence-electron chi connectivity index (χ1n) is 8.99. The van der Waals surface area contributed by atoms with Crippen LogP contribution in [0.3, 0.4) is 0 Å². The van der Waals surface area contributed by atoms with Crippen LogP contribution in [0.4, 0.5) is 0 Å². The highest BCUT2D eigenvalue weighted by Gasteiger charge is 2.24. The summed E-state index contributed by atoms with van der Waals surface area (Å²) >= 11 is 0. The lowest BCUT2D eigenvalue weighted by atomic mass is 9.92. The molecule has 1 aromatic rings. The number of hydrogen-bond donors (Lipinski definition) is 2. The van der Waals surface area contributed by atoms with Crippen LogP contribution in [-0.2, 0) is 9.53 Å². The van der Waals surface area contributed by atoms with Crippen molar-refractivity contribution in [3.63, 3.8) is 0 Å². The predicted molar refractivity (Wildman–Crippen MR) is 97.8 cm³/mol. The maximum absolute atomic E-state index is 11.7. The van der Waals surface area contributed by atoms with Crippen LogP contribution in [0.25, 0.3) is 0 Å². The number of amidine groups is 1. The number of carbonyl (C=O) groups is 1. The standard InChI is InChI=1S/C19H29N3O3/c1-3-25-18(23)10-15-6-5-9-22(13-15)12-14(2)16-7-4-8-17(11-16)19(20)21-24/h4,7-8,11,14-15,24H,3,5-6,9-10,12-13H2,1-2H3,(H2,20,21)/t14?,15-/m1/s1. The maximum atomic E-state index is 11.7. The number of piperidine rings is 1. The molecule has 0 aromatic heterocycles. The van der Waals surface area contributed by atoms with E-state index in [-0.39, 0.29) is 11.8 Å². The van der Waals surface area contributed by atoms with Crippen LogP contribution in [0.2, 0.25) is 0 Å². The van der Waals surface area contributed by atoms with E-state index in [4.69, 9.17) is 15.7 Å². The third kappa shape index (κ3) is 5.74. The second-order valence-electron chi connectivity index (χ2n) is 6.79. The van der Waals surface area contributed by atoms with Gasteiger partial charge < -0.3 is 20.6 Å². The molecule has 0 spiro atoms. The fourth-order valence-electron chi connectivity index (χ4n) is 3.49. The SMILES string of the molecule is CCOC(=O)C[C@H]1CCCN(CC(C)c2cccc(/C(N)=N/O)c2)C1. The Morgan fingerprint density at radius 1 is 1.52 bits per heavy atom. The highest BCUT2D eigenvalue weighted by atomic mass is 16.5. The molecule has 0 amide bonds. The summed E-state index contributed by atoms with van der Waals surface area (Å²) in [5.41, 5.74) is 7.57. The lowest BCUT2D eigenvalue weighted by molar-refractivity contribution is -0.144. The highest BCUT2D eigenvalue weighted by Crippen LogP contribution is 2.24. The number of nitrogens with two attached hydrogens (primary N) is 1. The van der Waals surface area contributed by atoms with E-state index >= 15 is 0 Å². The van der Waals surface area contributed by atoms with Gasteiger partial charge in [0, 0.05) is 25.1 Å². The average molecular weight is 347 g/mol. The molecule has 0 aliphatic carbocycles. The first-order chi connectivity index (χ1) is 12.0. The van der Waals surface area contributed by atoms with Crippen LogP contribution in [-0.4, -0.2) is 48.2 Å². The second kappa shape index (κ2) is 9.42. The van der Waals surface area contributed by atoms with Crippen LogP contribution < -0.4 is 5.73 Å². The predicted octanol–water partition coefficient (Wildman–Crippen LogP) is 2.55. The van der Waals surface area contributed by atoms with E-state index in [1.165, 1.54) is 0 Å². The third-order valence-corrected chi connectivity index (χ3v) is 4.76. The van der Waals surface area contributed by atoms with Crippen molar-refractivity contribution in [2.75, 3.05) is 26.2 Å². The monoisotopic (exact) mass is 347 g/mol.